The Bertz CT molecular complexity index is 2440. The predicted octanol–water partition coefficient (Wildman–Crippen LogP) is 11.0. The molecule has 0 saturated carbocycles. The van der Waals surface area contributed by atoms with E-state index in [0.29, 0.717) is 0 Å². The maximum atomic E-state index is 12.8. The smallest absolute Gasteiger partial charge is 0.144 e. The van der Waals surface area contributed by atoms with E-state index >= 15 is 0 Å². The molecule has 0 spiro atoms. The van der Waals surface area contributed by atoms with E-state index in [1.165, 1.54) is 0 Å². The highest BCUT2D eigenvalue weighted by atomic mass is 31.2. The van der Waals surface area contributed by atoms with E-state index in [9.17, 15) is 4.57 Å². The number of furan rings is 1. The average Bonchev–Trinajstić information content (AvgIpc) is 3.51. The molecule has 226 valence electrons. The molecule has 4 nitrogen and oxygen atoms in total. The average molecular weight is 627 g/mol. The molecule has 0 aliphatic rings. The van der Waals surface area contributed by atoms with Crippen LogP contribution in [0.15, 0.2) is 156 Å². The summed E-state index contributed by atoms with van der Waals surface area (Å²) >= 11 is 0. The first kappa shape index (κ1) is 28.9. The highest BCUT2D eigenvalue weighted by molar-refractivity contribution is 7.70. The first-order valence-electron chi connectivity index (χ1n) is 15.6. The number of rotatable bonds is 6. The summed E-state index contributed by atoms with van der Waals surface area (Å²) in [5, 5.41) is 2.98. The third-order valence-corrected chi connectivity index (χ3v) is 10.1. The number of para-hydroxylation sites is 2. The molecule has 8 aromatic rings. The van der Waals surface area contributed by atoms with Crippen molar-refractivity contribution in [1.82, 2.24) is 9.97 Å². The first-order chi connectivity index (χ1) is 22.9. The molecular weight excluding hydrogens is 595 g/mol. The Hall–Kier alpha value is -5.57. The summed E-state index contributed by atoms with van der Waals surface area (Å²) in [4.78, 5) is 10.9. The maximum Gasteiger partial charge on any atom is 0.144 e. The molecule has 2 aromatic heterocycles. The fraction of sp³-hybridized carbons (Fsp3) is 0.0476. The Morgan fingerprint density at radius 2 is 0.979 bits per heavy atom. The minimum atomic E-state index is -2.39. The zero-order valence-electron chi connectivity index (χ0n) is 26.1. The molecule has 0 radical (unpaired) electrons. The van der Waals surface area contributed by atoms with Crippen LogP contribution in [-0.4, -0.2) is 23.3 Å². The van der Waals surface area contributed by atoms with Gasteiger partial charge in [0.05, 0.1) is 17.1 Å². The van der Waals surface area contributed by atoms with E-state index in [1.807, 2.05) is 72.8 Å². The van der Waals surface area contributed by atoms with Crippen LogP contribution in [-0.2, 0) is 4.57 Å². The molecule has 47 heavy (non-hydrogen) atoms. The summed E-state index contributed by atoms with van der Waals surface area (Å²) in [7, 11) is -2.39. The summed E-state index contributed by atoms with van der Waals surface area (Å²) in [6.45, 7) is 3.61. The van der Waals surface area contributed by atoms with Crippen molar-refractivity contribution in [3.05, 3.63) is 152 Å². The summed E-state index contributed by atoms with van der Waals surface area (Å²) < 4.78 is 19.3. The van der Waals surface area contributed by atoms with E-state index in [-0.39, 0.29) is 0 Å². The number of benzene rings is 6. The van der Waals surface area contributed by atoms with Crippen LogP contribution in [0.5, 0.6) is 0 Å². The monoisotopic (exact) mass is 626 g/mol. The van der Waals surface area contributed by atoms with E-state index < -0.39 is 7.14 Å². The summed E-state index contributed by atoms with van der Waals surface area (Å²) in [6, 6.07) is 51.2. The van der Waals surface area contributed by atoms with Gasteiger partial charge in [0.2, 0.25) is 0 Å². The molecule has 0 atom stereocenters. The molecule has 0 bridgehead atoms. The van der Waals surface area contributed by atoms with Gasteiger partial charge >= 0.3 is 0 Å². The molecule has 0 unspecified atom stereocenters. The Kier molecular flexibility index (Phi) is 7.16. The molecule has 0 aliphatic carbocycles. The lowest BCUT2D eigenvalue weighted by atomic mass is 9.97. The fourth-order valence-corrected chi connectivity index (χ4v) is 7.09. The lowest BCUT2D eigenvalue weighted by Gasteiger charge is -2.16. The van der Waals surface area contributed by atoms with Gasteiger partial charge in [0, 0.05) is 38.3 Å². The van der Waals surface area contributed by atoms with Crippen LogP contribution in [0.2, 0.25) is 0 Å². The van der Waals surface area contributed by atoms with E-state index in [0.717, 1.165) is 83.4 Å². The summed E-state index contributed by atoms with van der Waals surface area (Å²) in [6.07, 6.45) is 0. The lowest BCUT2D eigenvalue weighted by Crippen LogP contribution is -2.02. The van der Waals surface area contributed by atoms with Gasteiger partial charge in [0.1, 0.15) is 24.0 Å². The van der Waals surface area contributed by atoms with Gasteiger partial charge in [-0.2, -0.15) is 0 Å². The number of aromatic nitrogens is 2. The molecule has 2 heterocycles. The van der Waals surface area contributed by atoms with E-state index in [1.54, 1.807) is 13.3 Å². The third-order valence-electron chi connectivity index (χ3n) is 8.61. The summed E-state index contributed by atoms with van der Waals surface area (Å²) in [5.74, 6) is 0. The van der Waals surface area contributed by atoms with Gasteiger partial charge in [-0.05, 0) is 42.7 Å². The summed E-state index contributed by atoms with van der Waals surface area (Å²) in [5.41, 5.74) is 10.6. The minimum Gasteiger partial charge on any atom is -0.455 e. The maximum absolute atomic E-state index is 12.8. The van der Waals surface area contributed by atoms with Gasteiger partial charge in [-0.25, -0.2) is 9.97 Å². The van der Waals surface area contributed by atoms with Crippen molar-refractivity contribution in [2.24, 2.45) is 0 Å². The highest BCUT2D eigenvalue weighted by Gasteiger charge is 2.22. The molecule has 0 fully saturated rings. The lowest BCUT2D eigenvalue weighted by molar-refractivity contribution is 0.588. The number of hydrogen-bond donors (Lipinski definition) is 0. The van der Waals surface area contributed by atoms with Gasteiger partial charge in [-0.15, -0.1) is 0 Å². The second-order valence-corrected chi connectivity index (χ2v) is 15.3. The van der Waals surface area contributed by atoms with Crippen LogP contribution in [0, 0.1) is 0 Å². The Labute approximate surface area is 273 Å². The van der Waals surface area contributed by atoms with Crippen molar-refractivity contribution < 1.29 is 8.98 Å². The molecular formula is C42H31N2O2P. The SMILES string of the molecule is CP(C)(=O)c1cccc(-c2ccc(-c3nc(-c4ccccc4)c(-c4ccccc4)nc3-c3cccc4c3oc3ccccc34)cc2)c1. The van der Waals surface area contributed by atoms with Gasteiger partial charge in [-0.1, -0.05) is 133 Å². The van der Waals surface area contributed by atoms with Crippen molar-refractivity contribution >= 4 is 34.4 Å². The zero-order valence-corrected chi connectivity index (χ0v) is 27.0. The predicted molar refractivity (Wildman–Crippen MR) is 196 cm³/mol. The second kappa shape index (κ2) is 11.7. The zero-order chi connectivity index (χ0) is 32.0. The standard InChI is InChI=1S/C42H31N2O2P/c1-47(2,45)33-18-11-17-32(27-33)28-23-25-31(26-24-28)40-41(36-21-12-20-35-34-19-9-10-22-37(34)46-42(35)36)44-39(30-15-7-4-8-16-30)38(43-40)29-13-5-3-6-14-29/h3-27H,1-2H3. The first-order valence-corrected chi connectivity index (χ1v) is 18.2. The van der Waals surface area contributed by atoms with Crippen LogP contribution in [0.25, 0.3) is 78.1 Å². The number of nitrogens with zero attached hydrogens (tertiary/aromatic N) is 2. The molecule has 0 N–H and O–H groups in total. The number of hydrogen-bond acceptors (Lipinski definition) is 4. The second-order valence-electron chi connectivity index (χ2n) is 12.1. The van der Waals surface area contributed by atoms with Crippen LogP contribution in [0.4, 0.5) is 0 Å². The highest BCUT2D eigenvalue weighted by Crippen LogP contribution is 2.42. The molecule has 0 amide bonds. The molecule has 0 saturated heterocycles. The molecule has 6 aromatic carbocycles. The van der Waals surface area contributed by atoms with Crippen molar-refractivity contribution in [1.29, 1.82) is 0 Å². The van der Waals surface area contributed by atoms with E-state index in [2.05, 4.69) is 78.9 Å². The van der Waals surface area contributed by atoms with Crippen LogP contribution >= 0.6 is 7.14 Å². The van der Waals surface area contributed by atoms with Crippen molar-refractivity contribution in [2.75, 3.05) is 13.3 Å². The van der Waals surface area contributed by atoms with Gasteiger partial charge in [0.25, 0.3) is 0 Å². The van der Waals surface area contributed by atoms with E-state index in [4.69, 9.17) is 14.4 Å². The quantitative estimate of drug-likeness (QED) is 0.172. The van der Waals surface area contributed by atoms with Gasteiger partial charge in [-0.3, -0.25) is 0 Å². The fourth-order valence-electron chi connectivity index (χ4n) is 6.19. The number of fused-ring (bicyclic) bond motifs is 3. The third kappa shape index (κ3) is 5.37. The minimum absolute atomic E-state index is 0.751. The van der Waals surface area contributed by atoms with Crippen molar-refractivity contribution in [2.45, 2.75) is 0 Å². The van der Waals surface area contributed by atoms with Crippen LogP contribution < -0.4 is 5.30 Å². The van der Waals surface area contributed by atoms with Crippen molar-refractivity contribution in [3.8, 4) is 56.2 Å². The Balaban J connectivity index is 1.38. The van der Waals surface area contributed by atoms with Crippen LogP contribution in [0.3, 0.4) is 0 Å². The normalized spacial score (nSPS) is 11.7. The molecule has 5 heteroatoms. The molecule has 0 aliphatic heterocycles. The van der Waals surface area contributed by atoms with Crippen molar-refractivity contribution in [3.63, 3.8) is 0 Å². The van der Waals surface area contributed by atoms with Gasteiger partial charge in [0.15, 0.2) is 0 Å². The topological polar surface area (TPSA) is 56.0 Å². The Morgan fingerprint density at radius 1 is 0.468 bits per heavy atom. The van der Waals surface area contributed by atoms with Gasteiger partial charge < -0.3 is 8.98 Å². The largest absolute Gasteiger partial charge is 0.455 e. The Morgan fingerprint density at radius 3 is 1.66 bits per heavy atom. The van der Waals surface area contributed by atoms with Crippen LogP contribution in [0.1, 0.15) is 0 Å². The molecule has 8 rings (SSSR count).